The third-order valence-electron chi connectivity index (χ3n) is 12.6. The van der Waals surface area contributed by atoms with Crippen LogP contribution in [0.3, 0.4) is 0 Å². The molecule has 0 unspecified atom stereocenters. The average Bonchev–Trinajstić information content (AvgIpc) is 3.61. The molecule has 6 fully saturated rings. The van der Waals surface area contributed by atoms with Crippen molar-refractivity contribution in [3.8, 4) is 0 Å². The Bertz CT molecular complexity index is 1590. The standard InChI is InChI=1S/C38H64O30/c1-8-15(44)21(50)31(38(59-8)67-30-22(51)18(47)12(5-40)61-33(30)56)68-35-25(54)28(16(45)9(2)58-35)65-36-26(55)29(66-34-23(52)20(49)17(46)13(6-41)62-34)19(48)14(63-36)7-57-37-32(60-10(3)42)24(53)27(64-37)11(43)4-39/h8-9,11-41,43-56H,4-7H2,1-3H3/t8-,9-,11+,12+,13+,14+,15-,16-,17-,18-,19-,20-,21+,22-,23+,24-,25+,26+,27-,28+,29-,30+,31+,32+,33-,34-,35-,36+,37+,38-/m0/s1. The van der Waals surface area contributed by atoms with Crippen LogP contribution in [0.15, 0.2) is 0 Å². The van der Waals surface area contributed by atoms with Crippen molar-refractivity contribution in [2.75, 3.05) is 26.4 Å². The number of hydrogen-bond acceptors (Lipinski definition) is 30. The normalized spacial score (nSPS) is 51.9. The molecule has 0 aromatic heterocycles. The Labute approximate surface area is 385 Å². The van der Waals surface area contributed by atoms with Gasteiger partial charge in [-0.25, -0.2) is 0 Å². The molecule has 396 valence electrons. The molecule has 0 aromatic rings. The first kappa shape index (κ1) is 55.7. The maximum atomic E-state index is 11.9. The Balaban J connectivity index is 1.24. The largest absolute Gasteiger partial charge is 0.454 e. The molecule has 0 aliphatic carbocycles. The molecule has 6 heterocycles. The first-order valence-corrected chi connectivity index (χ1v) is 21.7. The molecule has 0 saturated carbocycles. The highest BCUT2D eigenvalue weighted by Crippen LogP contribution is 2.37. The lowest BCUT2D eigenvalue weighted by molar-refractivity contribution is -0.400. The second-order valence-electron chi connectivity index (χ2n) is 17.4. The van der Waals surface area contributed by atoms with E-state index in [1.165, 1.54) is 13.8 Å². The molecule has 6 saturated heterocycles. The topological polar surface area (TPSA) is 472 Å². The Kier molecular flexibility index (Phi) is 19.2. The molecule has 6 rings (SSSR count). The van der Waals surface area contributed by atoms with Gasteiger partial charge in [0.1, 0.15) is 128 Å². The zero-order valence-corrected chi connectivity index (χ0v) is 36.6. The molecule has 30 atom stereocenters. The zero-order valence-electron chi connectivity index (χ0n) is 36.6. The van der Waals surface area contributed by atoms with Crippen molar-refractivity contribution in [2.24, 2.45) is 0 Å². The number of aliphatic hydroxyl groups excluding tert-OH is 17. The van der Waals surface area contributed by atoms with Crippen molar-refractivity contribution >= 4 is 5.97 Å². The number of aliphatic hydroxyl groups is 17. The summed E-state index contributed by atoms with van der Waals surface area (Å²) in [6, 6.07) is 0. The lowest BCUT2D eigenvalue weighted by Crippen LogP contribution is -2.67. The summed E-state index contributed by atoms with van der Waals surface area (Å²) in [6.45, 7) is 0.106. The van der Waals surface area contributed by atoms with Crippen molar-refractivity contribution in [3.63, 3.8) is 0 Å². The van der Waals surface area contributed by atoms with E-state index in [2.05, 4.69) is 0 Å². The van der Waals surface area contributed by atoms with Gasteiger partial charge < -0.3 is 144 Å². The van der Waals surface area contributed by atoms with Gasteiger partial charge in [-0.2, -0.15) is 0 Å². The van der Waals surface area contributed by atoms with Gasteiger partial charge in [0, 0.05) is 6.92 Å². The molecular formula is C38H64O30. The summed E-state index contributed by atoms with van der Waals surface area (Å²) in [5.41, 5.74) is 0. The molecule has 0 spiro atoms. The number of ether oxygens (including phenoxy) is 12. The predicted molar refractivity (Wildman–Crippen MR) is 206 cm³/mol. The van der Waals surface area contributed by atoms with Crippen LogP contribution in [0.2, 0.25) is 0 Å². The lowest BCUT2D eigenvalue weighted by Gasteiger charge is -2.49. The summed E-state index contributed by atoms with van der Waals surface area (Å²) >= 11 is 0. The summed E-state index contributed by atoms with van der Waals surface area (Å²) < 4.78 is 67.4. The van der Waals surface area contributed by atoms with Crippen LogP contribution in [0.25, 0.3) is 0 Å². The average molecular weight is 1000 g/mol. The second kappa shape index (κ2) is 23.5. The van der Waals surface area contributed by atoms with E-state index < -0.39 is 217 Å². The molecule has 17 N–H and O–H groups in total. The zero-order chi connectivity index (χ0) is 50.2. The smallest absolute Gasteiger partial charge is 0.303 e. The van der Waals surface area contributed by atoms with Crippen molar-refractivity contribution in [3.05, 3.63) is 0 Å². The summed E-state index contributed by atoms with van der Waals surface area (Å²) in [4.78, 5) is 11.9. The number of hydrogen-bond donors (Lipinski definition) is 17. The minimum atomic E-state index is -2.22. The summed E-state index contributed by atoms with van der Waals surface area (Å²) in [7, 11) is 0. The summed E-state index contributed by atoms with van der Waals surface area (Å²) in [5.74, 6) is -0.929. The molecular weight excluding hydrogens is 936 g/mol. The first-order chi connectivity index (χ1) is 32.0. The van der Waals surface area contributed by atoms with Gasteiger partial charge in [0.05, 0.1) is 38.6 Å². The molecule has 6 aliphatic rings. The summed E-state index contributed by atoms with van der Waals surface area (Å²) in [5, 5.41) is 181. The fourth-order valence-electron chi connectivity index (χ4n) is 8.58. The van der Waals surface area contributed by atoms with Gasteiger partial charge in [0.15, 0.2) is 43.8 Å². The van der Waals surface area contributed by atoms with Crippen LogP contribution in [-0.4, -0.2) is 303 Å². The van der Waals surface area contributed by atoms with Crippen molar-refractivity contribution < 1.29 is 148 Å². The molecule has 0 aromatic carbocycles. The molecule has 0 amide bonds. The summed E-state index contributed by atoms with van der Waals surface area (Å²) in [6.07, 6.45) is -54.9. The van der Waals surface area contributed by atoms with E-state index in [9.17, 15) is 91.6 Å². The van der Waals surface area contributed by atoms with Crippen LogP contribution in [-0.2, 0) is 61.6 Å². The lowest BCUT2D eigenvalue weighted by atomic mass is 9.95. The van der Waals surface area contributed by atoms with E-state index in [-0.39, 0.29) is 0 Å². The Morgan fingerprint density at radius 2 is 0.941 bits per heavy atom. The van der Waals surface area contributed by atoms with Gasteiger partial charge in [-0.3, -0.25) is 4.79 Å². The van der Waals surface area contributed by atoms with E-state index in [0.717, 1.165) is 6.92 Å². The van der Waals surface area contributed by atoms with Crippen molar-refractivity contribution in [2.45, 2.75) is 205 Å². The Morgan fingerprint density at radius 1 is 0.456 bits per heavy atom. The quantitative estimate of drug-likeness (QED) is 0.0638. The second-order valence-corrected chi connectivity index (χ2v) is 17.4. The maximum Gasteiger partial charge on any atom is 0.303 e. The van der Waals surface area contributed by atoms with E-state index in [1.807, 2.05) is 0 Å². The number of rotatable bonds is 16. The molecule has 0 radical (unpaired) electrons. The van der Waals surface area contributed by atoms with Crippen molar-refractivity contribution in [1.82, 2.24) is 0 Å². The third kappa shape index (κ3) is 11.6. The highest BCUT2D eigenvalue weighted by atomic mass is 16.8. The van der Waals surface area contributed by atoms with Crippen LogP contribution < -0.4 is 0 Å². The van der Waals surface area contributed by atoms with E-state index in [0.29, 0.717) is 0 Å². The fourth-order valence-corrected chi connectivity index (χ4v) is 8.58. The van der Waals surface area contributed by atoms with Gasteiger partial charge in [0.25, 0.3) is 0 Å². The monoisotopic (exact) mass is 1000 g/mol. The van der Waals surface area contributed by atoms with Crippen LogP contribution >= 0.6 is 0 Å². The van der Waals surface area contributed by atoms with E-state index >= 15 is 0 Å². The number of carbonyl (C=O) groups is 1. The Hall–Kier alpha value is -1.65. The Morgan fingerprint density at radius 3 is 1.54 bits per heavy atom. The highest BCUT2D eigenvalue weighted by Gasteiger charge is 2.57. The van der Waals surface area contributed by atoms with E-state index in [4.69, 9.17) is 56.8 Å². The third-order valence-corrected chi connectivity index (χ3v) is 12.6. The first-order valence-electron chi connectivity index (χ1n) is 21.7. The van der Waals surface area contributed by atoms with Crippen LogP contribution in [0, 0.1) is 0 Å². The van der Waals surface area contributed by atoms with Gasteiger partial charge in [-0.1, -0.05) is 0 Å². The minimum absolute atomic E-state index is 0.805. The molecule has 6 aliphatic heterocycles. The van der Waals surface area contributed by atoms with Crippen LogP contribution in [0.1, 0.15) is 20.8 Å². The maximum absolute atomic E-state index is 11.9. The van der Waals surface area contributed by atoms with Gasteiger partial charge in [-0.05, 0) is 13.8 Å². The molecule has 0 bridgehead atoms. The molecule has 30 heteroatoms. The molecule has 30 nitrogen and oxygen atoms in total. The van der Waals surface area contributed by atoms with Crippen LogP contribution in [0.5, 0.6) is 0 Å². The van der Waals surface area contributed by atoms with Gasteiger partial charge >= 0.3 is 5.97 Å². The van der Waals surface area contributed by atoms with Gasteiger partial charge in [0.2, 0.25) is 0 Å². The number of carbonyl (C=O) groups excluding carboxylic acids is 1. The van der Waals surface area contributed by atoms with Crippen LogP contribution in [0.4, 0.5) is 0 Å². The minimum Gasteiger partial charge on any atom is -0.454 e. The molecule has 68 heavy (non-hydrogen) atoms. The fraction of sp³-hybridized carbons (Fsp3) is 0.974. The predicted octanol–water partition coefficient (Wildman–Crippen LogP) is -11.5. The number of esters is 1. The van der Waals surface area contributed by atoms with Crippen molar-refractivity contribution in [1.29, 1.82) is 0 Å². The van der Waals surface area contributed by atoms with E-state index in [1.54, 1.807) is 0 Å². The SMILES string of the molecule is CC(=O)O[C@H]1[C@H](OC[C@H]2O[C@H](O[C@@H]3[C@@H](O)[C@H](C)O[C@@H](O[C@H]4[C@H](O[C@@H]5[C@@H](O)[C@@H](O)[C@@H](CO)O[C@@H]5O)O[C@@H](C)[C@H](O)[C@H]4O)[C@@H]3O)[C@H](O)[C@@H](O[C@@H]3O[C@H](CO)[C@H](O)[C@H](O)[C@H]3O)[C@H]2O)O[C@@H]([C@H](O)CO)[C@@H]1O. The van der Waals surface area contributed by atoms with Gasteiger partial charge in [-0.15, -0.1) is 0 Å². The highest BCUT2D eigenvalue weighted by molar-refractivity contribution is 5.66.